The van der Waals surface area contributed by atoms with E-state index in [1.807, 2.05) is 13.8 Å². The normalized spacial score (nSPS) is 13.1. The van der Waals surface area contributed by atoms with Gasteiger partial charge < -0.3 is 4.74 Å². The summed E-state index contributed by atoms with van der Waals surface area (Å²) < 4.78 is 5.53. The lowest BCUT2D eigenvalue weighted by molar-refractivity contribution is 0.251. The van der Waals surface area contributed by atoms with Gasteiger partial charge in [-0.2, -0.15) is 4.91 Å². The number of nitroso groups, excluding NO2 is 1. The van der Waals surface area contributed by atoms with Gasteiger partial charge in [-0.15, -0.1) is 11.6 Å². The van der Waals surface area contributed by atoms with Gasteiger partial charge in [0.2, 0.25) is 0 Å². The molecule has 0 N–H and O–H groups in total. The number of nitrogens with zero attached hydrogens (tertiary/aromatic N) is 1. The summed E-state index contributed by atoms with van der Waals surface area (Å²) in [6, 6.07) is 6.39. The van der Waals surface area contributed by atoms with Crippen LogP contribution >= 0.6 is 23.2 Å². The number of ether oxygens (including phenoxy) is 1. The molecule has 1 unspecified atom stereocenters. The predicted molar refractivity (Wildman–Crippen MR) is 75.7 cm³/mol. The van der Waals surface area contributed by atoms with Gasteiger partial charge in [0.15, 0.2) is 0 Å². The molecule has 18 heavy (non-hydrogen) atoms. The highest BCUT2D eigenvalue weighted by atomic mass is 35.5. The summed E-state index contributed by atoms with van der Waals surface area (Å²) in [5.41, 5.74) is 0. The fourth-order valence-electron chi connectivity index (χ4n) is 1.70. The van der Waals surface area contributed by atoms with Crippen LogP contribution in [0.25, 0.3) is 0 Å². The number of rotatable bonds is 7. The molecule has 0 aliphatic carbocycles. The van der Waals surface area contributed by atoms with Crippen molar-refractivity contribution < 1.29 is 4.74 Å². The van der Waals surface area contributed by atoms with Gasteiger partial charge in [-0.25, -0.2) is 0 Å². The number of hydrogen-bond acceptors (Lipinski definition) is 3. The standard InChI is InChI=1S/C13H17Cl2NO2/c1-3-13(15,4-2)12(16-17)9-18-11-7-5-10(14)6-8-11/h5-8,12H,3-4,9H2,1-2H3. The van der Waals surface area contributed by atoms with Crippen LogP contribution in [-0.2, 0) is 0 Å². The largest absolute Gasteiger partial charge is 0.491 e. The average Bonchev–Trinajstić information content (AvgIpc) is 2.41. The second kappa shape index (κ2) is 6.95. The minimum absolute atomic E-state index is 0.177. The van der Waals surface area contributed by atoms with Gasteiger partial charge in [0.05, 0.1) is 4.87 Å². The van der Waals surface area contributed by atoms with Gasteiger partial charge in [-0.05, 0) is 37.1 Å². The molecular weight excluding hydrogens is 273 g/mol. The van der Waals surface area contributed by atoms with E-state index in [9.17, 15) is 4.91 Å². The second-order valence-electron chi connectivity index (χ2n) is 4.13. The Bertz CT molecular complexity index is 377. The van der Waals surface area contributed by atoms with Gasteiger partial charge in [0, 0.05) is 5.02 Å². The Morgan fingerprint density at radius 3 is 2.28 bits per heavy atom. The van der Waals surface area contributed by atoms with E-state index in [0.29, 0.717) is 23.6 Å². The predicted octanol–water partition coefficient (Wildman–Crippen LogP) is 4.65. The molecule has 0 amide bonds. The number of halogens is 2. The number of hydrogen-bond donors (Lipinski definition) is 0. The van der Waals surface area contributed by atoms with E-state index in [2.05, 4.69) is 5.18 Å². The smallest absolute Gasteiger partial charge is 0.145 e. The molecule has 0 aliphatic rings. The maximum Gasteiger partial charge on any atom is 0.145 e. The van der Waals surface area contributed by atoms with Gasteiger partial charge in [-0.3, -0.25) is 0 Å². The average molecular weight is 290 g/mol. The van der Waals surface area contributed by atoms with E-state index < -0.39 is 10.9 Å². The Balaban J connectivity index is 2.64. The first-order chi connectivity index (χ1) is 8.55. The van der Waals surface area contributed by atoms with Crippen molar-refractivity contribution in [2.45, 2.75) is 37.6 Å². The van der Waals surface area contributed by atoms with E-state index in [-0.39, 0.29) is 6.61 Å². The van der Waals surface area contributed by atoms with Crippen LogP contribution in [0, 0.1) is 4.91 Å². The first kappa shape index (κ1) is 15.3. The van der Waals surface area contributed by atoms with Crippen LogP contribution in [0.15, 0.2) is 29.4 Å². The maximum atomic E-state index is 10.9. The molecule has 0 fully saturated rings. The SMILES string of the molecule is CCC(Cl)(CC)C(COc1ccc(Cl)cc1)N=O. The molecule has 3 nitrogen and oxygen atoms in total. The topological polar surface area (TPSA) is 38.7 Å². The van der Waals surface area contributed by atoms with E-state index in [1.165, 1.54) is 0 Å². The van der Waals surface area contributed by atoms with Crippen molar-refractivity contribution in [2.24, 2.45) is 5.18 Å². The summed E-state index contributed by atoms with van der Waals surface area (Å²) in [7, 11) is 0. The second-order valence-corrected chi connectivity index (χ2v) is 5.32. The molecular formula is C13H17Cl2NO2. The molecule has 1 atom stereocenters. The monoisotopic (exact) mass is 289 g/mol. The van der Waals surface area contributed by atoms with Crippen molar-refractivity contribution >= 4 is 23.2 Å². The first-order valence-electron chi connectivity index (χ1n) is 5.95. The lowest BCUT2D eigenvalue weighted by atomic mass is 9.94. The highest BCUT2D eigenvalue weighted by Crippen LogP contribution is 2.30. The van der Waals surface area contributed by atoms with Crippen molar-refractivity contribution in [2.75, 3.05) is 6.61 Å². The minimum atomic E-state index is -0.631. The molecule has 0 aromatic heterocycles. The highest BCUT2D eigenvalue weighted by Gasteiger charge is 2.35. The molecule has 100 valence electrons. The minimum Gasteiger partial charge on any atom is -0.491 e. The first-order valence-corrected chi connectivity index (χ1v) is 6.71. The maximum absolute atomic E-state index is 10.9. The highest BCUT2D eigenvalue weighted by molar-refractivity contribution is 6.30. The zero-order chi connectivity index (χ0) is 13.6. The summed E-state index contributed by atoms with van der Waals surface area (Å²) in [6.45, 7) is 4.06. The molecule has 5 heteroatoms. The Hall–Kier alpha value is -0.800. The molecule has 0 bridgehead atoms. The Labute approximate surface area is 117 Å². The van der Waals surface area contributed by atoms with E-state index in [0.717, 1.165) is 0 Å². The van der Waals surface area contributed by atoms with Crippen molar-refractivity contribution in [1.82, 2.24) is 0 Å². The van der Waals surface area contributed by atoms with Gasteiger partial charge in [0.1, 0.15) is 18.4 Å². The molecule has 0 heterocycles. The van der Waals surface area contributed by atoms with E-state index in [4.69, 9.17) is 27.9 Å². The van der Waals surface area contributed by atoms with Crippen molar-refractivity contribution in [3.05, 3.63) is 34.2 Å². The summed E-state index contributed by atoms with van der Waals surface area (Å²) in [4.78, 5) is 10.3. The molecule has 0 aliphatic heterocycles. The van der Waals surface area contributed by atoms with Crippen LogP contribution in [0.2, 0.25) is 5.02 Å². The summed E-state index contributed by atoms with van der Waals surface area (Å²) in [5.74, 6) is 0.652. The van der Waals surface area contributed by atoms with E-state index >= 15 is 0 Å². The Morgan fingerprint density at radius 2 is 1.83 bits per heavy atom. The Kier molecular flexibility index (Phi) is 5.89. The molecule has 0 spiro atoms. The van der Waals surface area contributed by atoms with Crippen LogP contribution in [0.1, 0.15) is 26.7 Å². The van der Waals surface area contributed by atoms with Crippen molar-refractivity contribution in [3.8, 4) is 5.75 Å². The van der Waals surface area contributed by atoms with Gasteiger partial charge >= 0.3 is 0 Å². The van der Waals surface area contributed by atoms with Crippen LogP contribution in [0.5, 0.6) is 5.75 Å². The summed E-state index contributed by atoms with van der Waals surface area (Å²) in [5, 5.41) is 3.74. The third-order valence-corrected chi connectivity index (χ3v) is 4.16. The van der Waals surface area contributed by atoms with Crippen LogP contribution in [0.4, 0.5) is 0 Å². The van der Waals surface area contributed by atoms with Gasteiger partial charge in [0.25, 0.3) is 0 Å². The van der Waals surface area contributed by atoms with Crippen LogP contribution < -0.4 is 4.74 Å². The molecule has 0 saturated heterocycles. The quantitative estimate of drug-likeness (QED) is 0.541. The van der Waals surface area contributed by atoms with Crippen LogP contribution in [-0.4, -0.2) is 17.5 Å². The lowest BCUT2D eigenvalue weighted by Crippen LogP contribution is -2.38. The van der Waals surface area contributed by atoms with Gasteiger partial charge in [-0.1, -0.05) is 30.6 Å². The van der Waals surface area contributed by atoms with Crippen molar-refractivity contribution in [3.63, 3.8) is 0 Å². The fraction of sp³-hybridized carbons (Fsp3) is 0.538. The molecule has 0 radical (unpaired) electrons. The van der Waals surface area contributed by atoms with E-state index in [1.54, 1.807) is 24.3 Å². The Morgan fingerprint density at radius 1 is 1.28 bits per heavy atom. The molecule has 0 saturated carbocycles. The zero-order valence-electron chi connectivity index (χ0n) is 10.5. The fourth-order valence-corrected chi connectivity index (χ4v) is 1.93. The van der Waals surface area contributed by atoms with Crippen molar-refractivity contribution in [1.29, 1.82) is 0 Å². The number of benzene rings is 1. The molecule has 1 aromatic carbocycles. The summed E-state index contributed by atoms with van der Waals surface area (Å²) >= 11 is 12.1. The summed E-state index contributed by atoms with van der Waals surface area (Å²) in [6.07, 6.45) is 1.34. The zero-order valence-corrected chi connectivity index (χ0v) is 12.0. The molecule has 1 rings (SSSR count). The third-order valence-electron chi connectivity index (χ3n) is 3.12. The molecule has 1 aromatic rings. The lowest BCUT2D eigenvalue weighted by Gasteiger charge is -2.28. The third kappa shape index (κ3) is 3.85. The van der Waals surface area contributed by atoms with Crippen LogP contribution in [0.3, 0.4) is 0 Å². The number of alkyl halides is 1.